The molecule has 0 radical (unpaired) electrons. The van der Waals surface area contributed by atoms with Crippen LogP contribution in [0.4, 0.5) is 0 Å². The molecular weight excluding hydrogens is 328 g/mol. The Bertz CT molecular complexity index is 965. The standard InChI is InChI=1S/C20H18N4O2/c1-14-10-11-23(21-14)17-9-5-8-16(12-17)20(26)24-18(13-19(25)22-24)15-6-3-2-4-7-15/h2-12,18H,13H2,1H3,(H,22,25). The highest BCUT2D eigenvalue weighted by molar-refractivity contribution is 5.97. The Hall–Kier alpha value is -3.41. The molecule has 3 aromatic rings. The number of nitrogens with one attached hydrogen (secondary N) is 1. The van der Waals surface area contributed by atoms with Crippen LogP contribution in [0.1, 0.15) is 34.1 Å². The second-order valence-corrected chi connectivity index (χ2v) is 6.29. The summed E-state index contributed by atoms with van der Waals surface area (Å²) in [4.78, 5) is 25.0. The Balaban J connectivity index is 1.65. The number of amides is 2. The van der Waals surface area contributed by atoms with Crippen molar-refractivity contribution in [1.82, 2.24) is 20.2 Å². The van der Waals surface area contributed by atoms with Gasteiger partial charge in [0, 0.05) is 11.8 Å². The quantitative estimate of drug-likeness (QED) is 0.793. The van der Waals surface area contributed by atoms with E-state index in [2.05, 4.69) is 10.5 Å². The number of hydrogen-bond acceptors (Lipinski definition) is 3. The highest BCUT2D eigenvalue weighted by Crippen LogP contribution is 2.29. The second-order valence-electron chi connectivity index (χ2n) is 6.29. The zero-order valence-corrected chi connectivity index (χ0v) is 14.3. The Morgan fingerprint density at radius 1 is 1.12 bits per heavy atom. The molecule has 2 amide bonds. The van der Waals surface area contributed by atoms with E-state index in [-0.39, 0.29) is 24.3 Å². The fourth-order valence-corrected chi connectivity index (χ4v) is 3.14. The minimum atomic E-state index is -0.313. The first-order valence-electron chi connectivity index (χ1n) is 8.42. The van der Waals surface area contributed by atoms with Gasteiger partial charge in [0.25, 0.3) is 5.91 Å². The summed E-state index contributed by atoms with van der Waals surface area (Å²) in [7, 11) is 0. The molecule has 6 nitrogen and oxygen atoms in total. The third-order valence-electron chi connectivity index (χ3n) is 4.42. The Morgan fingerprint density at radius 2 is 1.92 bits per heavy atom. The van der Waals surface area contributed by atoms with Gasteiger partial charge in [0.05, 0.1) is 23.8 Å². The van der Waals surface area contributed by atoms with Crippen LogP contribution in [0.2, 0.25) is 0 Å². The predicted octanol–water partition coefficient (Wildman–Crippen LogP) is 2.80. The van der Waals surface area contributed by atoms with Crippen LogP contribution in [0.5, 0.6) is 0 Å². The Morgan fingerprint density at radius 3 is 2.65 bits per heavy atom. The topological polar surface area (TPSA) is 67.2 Å². The van der Waals surface area contributed by atoms with Crippen LogP contribution in [-0.2, 0) is 4.79 Å². The highest BCUT2D eigenvalue weighted by Gasteiger charge is 2.35. The maximum absolute atomic E-state index is 13.0. The lowest BCUT2D eigenvalue weighted by molar-refractivity contribution is -0.120. The van der Waals surface area contributed by atoms with Crippen LogP contribution < -0.4 is 5.43 Å². The number of carbonyl (C=O) groups excluding carboxylic acids is 2. The number of benzene rings is 2. The normalized spacial score (nSPS) is 16.6. The summed E-state index contributed by atoms with van der Waals surface area (Å²) in [6.07, 6.45) is 2.11. The van der Waals surface area contributed by atoms with Crippen molar-refractivity contribution in [2.24, 2.45) is 0 Å². The summed E-state index contributed by atoms with van der Waals surface area (Å²) < 4.78 is 1.73. The largest absolute Gasteiger partial charge is 0.273 e. The Labute approximate surface area is 151 Å². The molecule has 6 heteroatoms. The molecule has 1 aliphatic heterocycles. The maximum atomic E-state index is 13.0. The van der Waals surface area contributed by atoms with E-state index >= 15 is 0 Å². The van der Waals surface area contributed by atoms with Gasteiger partial charge >= 0.3 is 0 Å². The summed E-state index contributed by atoms with van der Waals surface area (Å²) >= 11 is 0. The SMILES string of the molecule is Cc1ccn(-c2cccc(C(=O)N3NC(=O)CC3c3ccccc3)c2)n1. The summed E-state index contributed by atoms with van der Waals surface area (Å²) in [6.45, 7) is 1.91. The molecule has 0 bridgehead atoms. The van der Waals surface area contributed by atoms with E-state index in [1.165, 1.54) is 5.01 Å². The molecule has 0 aliphatic carbocycles. The summed E-state index contributed by atoms with van der Waals surface area (Å²) in [5.41, 5.74) is 5.81. The molecule has 0 saturated carbocycles. The fourth-order valence-electron chi connectivity index (χ4n) is 3.14. The lowest BCUT2D eigenvalue weighted by atomic mass is 10.0. The van der Waals surface area contributed by atoms with Crippen molar-refractivity contribution in [2.45, 2.75) is 19.4 Å². The van der Waals surface area contributed by atoms with Crippen LogP contribution in [0.15, 0.2) is 66.9 Å². The Kier molecular flexibility index (Phi) is 4.01. The summed E-state index contributed by atoms with van der Waals surface area (Å²) in [5.74, 6) is -0.401. The zero-order chi connectivity index (χ0) is 18.1. The van der Waals surface area contributed by atoms with E-state index in [4.69, 9.17) is 0 Å². The van der Waals surface area contributed by atoms with Crippen molar-refractivity contribution >= 4 is 11.8 Å². The smallest absolute Gasteiger partial charge is 0.272 e. The van der Waals surface area contributed by atoms with Gasteiger partial charge in [0.2, 0.25) is 5.91 Å². The number of carbonyl (C=O) groups is 2. The first kappa shape index (κ1) is 16.1. The minimum Gasteiger partial charge on any atom is -0.273 e. The zero-order valence-electron chi connectivity index (χ0n) is 14.3. The van der Waals surface area contributed by atoms with Gasteiger partial charge in [-0.3, -0.25) is 15.0 Å². The van der Waals surface area contributed by atoms with Gasteiger partial charge in [-0.05, 0) is 36.8 Å². The van der Waals surface area contributed by atoms with E-state index in [1.54, 1.807) is 16.8 Å². The molecule has 0 spiro atoms. The van der Waals surface area contributed by atoms with Gasteiger partial charge in [-0.1, -0.05) is 36.4 Å². The van der Waals surface area contributed by atoms with Crippen molar-refractivity contribution in [1.29, 1.82) is 0 Å². The first-order valence-corrected chi connectivity index (χ1v) is 8.42. The van der Waals surface area contributed by atoms with Crippen molar-refractivity contribution in [3.63, 3.8) is 0 Å². The van der Waals surface area contributed by atoms with Gasteiger partial charge in [0.15, 0.2) is 0 Å². The molecule has 1 atom stereocenters. The van der Waals surface area contributed by atoms with Crippen LogP contribution in [0.25, 0.3) is 5.69 Å². The van der Waals surface area contributed by atoms with Gasteiger partial charge in [-0.2, -0.15) is 5.10 Å². The molecule has 1 saturated heterocycles. The van der Waals surface area contributed by atoms with Crippen LogP contribution in [-0.4, -0.2) is 26.6 Å². The third-order valence-corrected chi connectivity index (χ3v) is 4.42. The molecule has 1 unspecified atom stereocenters. The predicted molar refractivity (Wildman–Crippen MR) is 96.4 cm³/mol. The van der Waals surface area contributed by atoms with Crippen molar-refractivity contribution in [2.75, 3.05) is 0 Å². The number of nitrogens with zero attached hydrogens (tertiary/aromatic N) is 3. The molecular formula is C20H18N4O2. The van der Waals surface area contributed by atoms with Gasteiger partial charge in [-0.25, -0.2) is 9.69 Å². The van der Waals surface area contributed by atoms with E-state index in [0.717, 1.165) is 16.9 Å². The van der Waals surface area contributed by atoms with Gasteiger partial charge in [-0.15, -0.1) is 0 Å². The van der Waals surface area contributed by atoms with Gasteiger partial charge < -0.3 is 0 Å². The number of rotatable bonds is 3. The molecule has 1 fully saturated rings. The molecule has 2 heterocycles. The van der Waals surface area contributed by atoms with E-state index in [1.807, 2.05) is 61.7 Å². The number of hydrazine groups is 1. The first-order chi connectivity index (χ1) is 12.6. The molecule has 26 heavy (non-hydrogen) atoms. The monoisotopic (exact) mass is 346 g/mol. The minimum absolute atomic E-state index is 0.161. The molecule has 1 N–H and O–H groups in total. The molecule has 2 aromatic carbocycles. The maximum Gasteiger partial charge on any atom is 0.272 e. The van der Waals surface area contributed by atoms with Crippen molar-refractivity contribution in [3.05, 3.63) is 83.7 Å². The number of aromatic nitrogens is 2. The lowest BCUT2D eigenvalue weighted by Crippen LogP contribution is -2.40. The van der Waals surface area contributed by atoms with E-state index in [0.29, 0.717) is 5.56 Å². The number of aryl methyl sites for hydroxylation is 1. The van der Waals surface area contributed by atoms with E-state index in [9.17, 15) is 9.59 Å². The van der Waals surface area contributed by atoms with Crippen LogP contribution >= 0.6 is 0 Å². The highest BCUT2D eigenvalue weighted by atomic mass is 16.2. The van der Waals surface area contributed by atoms with Crippen LogP contribution in [0.3, 0.4) is 0 Å². The molecule has 130 valence electrons. The van der Waals surface area contributed by atoms with Crippen molar-refractivity contribution in [3.8, 4) is 5.69 Å². The molecule has 4 rings (SSSR count). The van der Waals surface area contributed by atoms with Gasteiger partial charge in [0.1, 0.15) is 0 Å². The second kappa shape index (κ2) is 6.48. The average molecular weight is 346 g/mol. The van der Waals surface area contributed by atoms with Crippen molar-refractivity contribution < 1.29 is 9.59 Å². The third kappa shape index (κ3) is 2.97. The molecule has 1 aliphatic rings. The number of hydrogen-bond donors (Lipinski definition) is 1. The summed E-state index contributed by atoms with van der Waals surface area (Å²) in [6, 6.07) is 18.4. The van der Waals surface area contributed by atoms with E-state index < -0.39 is 0 Å². The average Bonchev–Trinajstić information content (AvgIpc) is 3.28. The molecule has 1 aromatic heterocycles. The van der Waals surface area contributed by atoms with Crippen LogP contribution in [0, 0.1) is 6.92 Å². The fraction of sp³-hybridized carbons (Fsp3) is 0.150. The summed E-state index contributed by atoms with van der Waals surface area (Å²) in [5, 5.41) is 5.80. The lowest BCUT2D eigenvalue weighted by Gasteiger charge is -2.24.